The zero-order valence-corrected chi connectivity index (χ0v) is 8.88. The van der Waals surface area contributed by atoms with Crippen molar-refractivity contribution >= 4 is 10.8 Å². The molecule has 14 heavy (non-hydrogen) atoms. The Bertz CT molecular complexity index is 412. The number of hydrogen-bond acceptors (Lipinski definition) is 1. The highest BCUT2D eigenvalue weighted by molar-refractivity contribution is 7.89. The van der Waals surface area contributed by atoms with Gasteiger partial charge in [-0.25, -0.2) is 4.21 Å². The van der Waals surface area contributed by atoms with Crippen LogP contribution in [0, 0.1) is 6.92 Å². The average Bonchev–Trinajstić information content (AvgIpc) is 2.71. The second kappa shape index (κ2) is 3.93. The second-order valence-electron chi connectivity index (χ2n) is 3.33. The van der Waals surface area contributed by atoms with Crippen LogP contribution in [-0.4, -0.2) is 4.21 Å². The van der Waals surface area contributed by atoms with Crippen LogP contribution >= 0.6 is 0 Å². The van der Waals surface area contributed by atoms with Crippen LogP contribution in [0.4, 0.5) is 0 Å². The molecule has 0 aromatic heterocycles. The van der Waals surface area contributed by atoms with E-state index in [1.165, 1.54) is 5.56 Å². The van der Waals surface area contributed by atoms with Gasteiger partial charge in [-0.15, -0.1) is 0 Å². The fourth-order valence-electron chi connectivity index (χ4n) is 1.37. The summed E-state index contributed by atoms with van der Waals surface area (Å²) in [5, 5.41) is 0. The summed E-state index contributed by atoms with van der Waals surface area (Å²) in [5.41, 5.74) is 1.20. The monoisotopic (exact) mass is 204 g/mol. The van der Waals surface area contributed by atoms with Crippen molar-refractivity contribution in [3.8, 4) is 0 Å². The minimum Gasteiger partial charge on any atom is -0.249 e. The van der Waals surface area contributed by atoms with E-state index in [-0.39, 0.29) is 0 Å². The summed E-state index contributed by atoms with van der Waals surface area (Å²) in [4.78, 5) is 1.81. The lowest BCUT2D eigenvalue weighted by Crippen LogP contribution is -1.92. The highest BCUT2D eigenvalue weighted by Crippen LogP contribution is 2.20. The maximum absolute atomic E-state index is 11.9. The molecule has 0 bridgehead atoms. The van der Waals surface area contributed by atoms with Gasteiger partial charge in [0.25, 0.3) is 0 Å². The summed E-state index contributed by atoms with van der Waals surface area (Å²) in [6.45, 7) is 2.03. The molecule has 0 unspecified atom stereocenters. The van der Waals surface area contributed by atoms with Gasteiger partial charge < -0.3 is 0 Å². The third-order valence-corrected chi connectivity index (χ3v) is 3.62. The average molecular weight is 204 g/mol. The van der Waals surface area contributed by atoms with Crippen LogP contribution in [-0.2, 0) is 10.8 Å². The molecule has 0 aliphatic heterocycles. The van der Waals surface area contributed by atoms with Crippen molar-refractivity contribution in [2.75, 3.05) is 0 Å². The maximum Gasteiger partial charge on any atom is 0.0846 e. The lowest BCUT2D eigenvalue weighted by molar-refractivity contribution is 0.687. The molecule has 2 rings (SSSR count). The van der Waals surface area contributed by atoms with E-state index in [2.05, 4.69) is 0 Å². The summed E-state index contributed by atoms with van der Waals surface area (Å²) in [7, 11) is -0.993. The van der Waals surface area contributed by atoms with Gasteiger partial charge in [0.05, 0.1) is 10.8 Å². The molecule has 1 aromatic carbocycles. The van der Waals surface area contributed by atoms with E-state index in [0.29, 0.717) is 0 Å². The van der Waals surface area contributed by atoms with Crippen LogP contribution in [0.15, 0.2) is 52.3 Å². The molecule has 0 fully saturated rings. The molecule has 72 valence electrons. The van der Waals surface area contributed by atoms with Gasteiger partial charge in [-0.05, 0) is 31.6 Å². The maximum atomic E-state index is 11.9. The third-order valence-electron chi connectivity index (χ3n) is 2.19. The molecular formula is C12H12OS. The molecule has 1 aliphatic rings. The van der Waals surface area contributed by atoms with Gasteiger partial charge in [0, 0.05) is 9.80 Å². The van der Waals surface area contributed by atoms with Crippen molar-refractivity contribution in [2.24, 2.45) is 0 Å². The summed E-state index contributed by atoms with van der Waals surface area (Å²) < 4.78 is 11.9. The Morgan fingerprint density at radius 2 is 1.93 bits per heavy atom. The standard InChI is InChI=1S/C12H12OS/c1-10-6-8-12(9-7-10)14(13)11-4-2-3-5-11/h2,4-9H,3H2,1H3/t14-/m1/s1. The van der Waals surface area contributed by atoms with Crippen molar-refractivity contribution in [1.29, 1.82) is 0 Å². The second-order valence-corrected chi connectivity index (χ2v) is 4.81. The fraction of sp³-hybridized carbons (Fsp3) is 0.167. The Kier molecular flexibility index (Phi) is 2.64. The van der Waals surface area contributed by atoms with E-state index in [1.54, 1.807) is 0 Å². The van der Waals surface area contributed by atoms with Gasteiger partial charge in [-0.3, -0.25) is 0 Å². The smallest absolute Gasteiger partial charge is 0.0846 e. The zero-order valence-electron chi connectivity index (χ0n) is 8.07. The van der Waals surface area contributed by atoms with Gasteiger partial charge >= 0.3 is 0 Å². The summed E-state index contributed by atoms with van der Waals surface area (Å²) in [6, 6.07) is 7.84. The first kappa shape index (κ1) is 9.41. The first-order valence-electron chi connectivity index (χ1n) is 4.62. The van der Waals surface area contributed by atoms with Crippen molar-refractivity contribution in [1.82, 2.24) is 0 Å². The lowest BCUT2D eigenvalue weighted by Gasteiger charge is -2.01. The molecule has 0 saturated heterocycles. The molecule has 1 aliphatic carbocycles. The van der Waals surface area contributed by atoms with Crippen LogP contribution in [0.25, 0.3) is 0 Å². The topological polar surface area (TPSA) is 17.1 Å². The molecule has 0 saturated carbocycles. The van der Waals surface area contributed by atoms with E-state index in [1.807, 2.05) is 49.4 Å². The Morgan fingerprint density at radius 3 is 2.50 bits per heavy atom. The molecule has 1 atom stereocenters. The number of allylic oxidation sites excluding steroid dienone is 3. The predicted molar refractivity (Wildman–Crippen MR) is 59.4 cm³/mol. The van der Waals surface area contributed by atoms with Crippen LogP contribution in [0.3, 0.4) is 0 Å². The van der Waals surface area contributed by atoms with Crippen LogP contribution < -0.4 is 0 Å². The Labute approximate surface area is 86.6 Å². The first-order chi connectivity index (χ1) is 6.77. The molecule has 1 aromatic rings. The first-order valence-corrected chi connectivity index (χ1v) is 5.77. The van der Waals surface area contributed by atoms with Crippen molar-refractivity contribution in [2.45, 2.75) is 18.2 Å². The number of rotatable bonds is 2. The summed E-state index contributed by atoms with van der Waals surface area (Å²) in [5.74, 6) is 0. The number of benzene rings is 1. The van der Waals surface area contributed by atoms with Crippen LogP contribution in [0.5, 0.6) is 0 Å². The van der Waals surface area contributed by atoms with Crippen molar-refractivity contribution < 1.29 is 4.21 Å². The van der Waals surface area contributed by atoms with Gasteiger partial charge in [0.1, 0.15) is 0 Å². The van der Waals surface area contributed by atoms with E-state index < -0.39 is 10.8 Å². The van der Waals surface area contributed by atoms with Crippen molar-refractivity contribution in [3.05, 3.63) is 53.0 Å². The summed E-state index contributed by atoms with van der Waals surface area (Å²) in [6.07, 6.45) is 6.89. The third kappa shape index (κ3) is 1.85. The Hall–Kier alpha value is -1.15. The minimum atomic E-state index is -0.993. The number of hydrogen-bond donors (Lipinski definition) is 0. The molecule has 2 heteroatoms. The Balaban J connectivity index is 2.27. The molecule has 1 nitrogen and oxygen atoms in total. The Morgan fingerprint density at radius 1 is 1.21 bits per heavy atom. The highest BCUT2D eigenvalue weighted by atomic mass is 32.2. The normalized spacial score (nSPS) is 16.8. The predicted octanol–water partition coefficient (Wildman–Crippen LogP) is 2.95. The van der Waals surface area contributed by atoms with Gasteiger partial charge in [0.2, 0.25) is 0 Å². The van der Waals surface area contributed by atoms with Gasteiger partial charge in [0.15, 0.2) is 0 Å². The van der Waals surface area contributed by atoms with E-state index in [9.17, 15) is 4.21 Å². The minimum absolute atomic E-state index is 0.883. The summed E-state index contributed by atoms with van der Waals surface area (Å²) >= 11 is 0. The van der Waals surface area contributed by atoms with E-state index >= 15 is 0 Å². The molecule has 0 amide bonds. The number of aryl methyl sites for hydroxylation is 1. The SMILES string of the molecule is Cc1ccc([S@](=O)C2=CCC=C2)cc1. The molecular weight excluding hydrogens is 192 g/mol. The zero-order chi connectivity index (χ0) is 9.97. The fourth-order valence-corrected chi connectivity index (χ4v) is 2.49. The molecule has 0 radical (unpaired) electrons. The van der Waals surface area contributed by atoms with Crippen molar-refractivity contribution in [3.63, 3.8) is 0 Å². The molecule has 0 N–H and O–H groups in total. The van der Waals surface area contributed by atoms with E-state index in [0.717, 1.165) is 16.2 Å². The largest absolute Gasteiger partial charge is 0.249 e. The quantitative estimate of drug-likeness (QED) is 0.724. The van der Waals surface area contributed by atoms with Crippen LogP contribution in [0.2, 0.25) is 0 Å². The van der Waals surface area contributed by atoms with Gasteiger partial charge in [-0.1, -0.05) is 29.8 Å². The lowest BCUT2D eigenvalue weighted by atomic mass is 10.2. The van der Waals surface area contributed by atoms with Gasteiger partial charge in [-0.2, -0.15) is 0 Å². The molecule has 0 spiro atoms. The van der Waals surface area contributed by atoms with E-state index in [4.69, 9.17) is 0 Å². The van der Waals surface area contributed by atoms with Crippen LogP contribution in [0.1, 0.15) is 12.0 Å². The highest BCUT2D eigenvalue weighted by Gasteiger charge is 2.09. The molecule has 0 heterocycles.